The number of hydrogen-bond donors (Lipinski definition) is 5. The van der Waals surface area contributed by atoms with Crippen molar-refractivity contribution in [2.45, 2.75) is 43.4 Å². The fourth-order valence-electron chi connectivity index (χ4n) is 1.71. The lowest BCUT2D eigenvalue weighted by atomic mass is 9.93. The van der Waals surface area contributed by atoms with Crippen molar-refractivity contribution in [2.24, 2.45) is 0 Å². The first kappa shape index (κ1) is 13.2. The smallest absolute Gasteiger partial charge is 0.111 e. The van der Waals surface area contributed by atoms with Gasteiger partial charge >= 0.3 is 0 Å². The third-order valence-electron chi connectivity index (χ3n) is 2.64. The van der Waals surface area contributed by atoms with Gasteiger partial charge in [0, 0.05) is 0 Å². The Morgan fingerprint density at radius 2 is 1.60 bits per heavy atom. The molecule has 0 aromatic carbocycles. The first-order valence-electron chi connectivity index (χ1n) is 5.03. The van der Waals surface area contributed by atoms with E-state index in [1.807, 2.05) is 0 Å². The zero-order valence-electron chi connectivity index (χ0n) is 8.36. The number of hydrogen-bond acceptors (Lipinski definition) is 6. The van der Waals surface area contributed by atoms with E-state index >= 15 is 0 Å². The van der Waals surface area contributed by atoms with Crippen LogP contribution in [0.5, 0.6) is 0 Å². The summed E-state index contributed by atoms with van der Waals surface area (Å²) in [7, 11) is 0. The van der Waals surface area contributed by atoms with Crippen LogP contribution in [0.4, 0.5) is 0 Å². The Hall–Kier alpha value is 0.150. The van der Waals surface area contributed by atoms with Crippen molar-refractivity contribution in [1.82, 2.24) is 0 Å². The van der Waals surface area contributed by atoms with Crippen LogP contribution in [0.3, 0.4) is 0 Å². The molecule has 1 fully saturated rings. The lowest BCUT2D eigenvalue weighted by molar-refractivity contribution is -0.230. The number of aliphatic hydroxyl groups excluding tert-OH is 4. The van der Waals surface area contributed by atoms with Crippen molar-refractivity contribution < 1.29 is 25.2 Å². The van der Waals surface area contributed by atoms with Crippen molar-refractivity contribution >= 4 is 12.6 Å². The molecule has 5 atom stereocenters. The number of aliphatic hydroxyl groups is 4. The monoisotopic (exact) mass is 238 g/mol. The molecule has 1 rings (SSSR count). The molecule has 6 heteroatoms. The molecule has 90 valence electrons. The van der Waals surface area contributed by atoms with Crippen LogP contribution in [0.15, 0.2) is 0 Å². The Kier molecular flexibility index (Phi) is 5.31. The van der Waals surface area contributed by atoms with Crippen LogP contribution in [0.1, 0.15) is 12.8 Å². The van der Waals surface area contributed by atoms with Gasteiger partial charge in [0.05, 0.1) is 12.7 Å². The Bertz CT molecular complexity index is 189. The van der Waals surface area contributed by atoms with Crippen LogP contribution in [-0.2, 0) is 4.74 Å². The second-order valence-corrected chi connectivity index (χ2v) is 4.18. The van der Waals surface area contributed by atoms with E-state index in [0.29, 0.717) is 12.2 Å². The molecule has 1 aliphatic heterocycles. The quantitative estimate of drug-likeness (QED) is 0.386. The first-order valence-corrected chi connectivity index (χ1v) is 5.66. The highest BCUT2D eigenvalue weighted by molar-refractivity contribution is 7.80. The maximum Gasteiger partial charge on any atom is 0.111 e. The van der Waals surface area contributed by atoms with E-state index in [4.69, 9.17) is 9.84 Å². The van der Waals surface area contributed by atoms with E-state index in [-0.39, 0.29) is 6.61 Å². The molecule has 1 saturated heterocycles. The minimum absolute atomic E-state index is 0.373. The van der Waals surface area contributed by atoms with Crippen LogP contribution < -0.4 is 0 Å². The number of thiol groups is 1. The van der Waals surface area contributed by atoms with Gasteiger partial charge in [-0.2, -0.15) is 12.6 Å². The molecule has 0 saturated carbocycles. The molecule has 0 amide bonds. The SMILES string of the molecule is OC[C@H]1O[C@H](CCCS)[C@H](O)[C@@H](O)[C@H]1O. The Balaban J connectivity index is 2.57. The summed E-state index contributed by atoms with van der Waals surface area (Å²) in [4.78, 5) is 0. The highest BCUT2D eigenvalue weighted by Crippen LogP contribution is 2.23. The second-order valence-electron chi connectivity index (χ2n) is 3.73. The average Bonchev–Trinajstić information content (AvgIpc) is 2.25. The molecule has 0 aromatic heterocycles. The highest BCUT2D eigenvalue weighted by Gasteiger charge is 2.42. The predicted molar refractivity (Wildman–Crippen MR) is 56.9 cm³/mol. The first-order chi connectivity index (χ1) is 7.11. The summed E-state index contributed by atoms with van der Waals surface area (Å²) in [5, 5.41) is 37.5. The van der Waals surface area contributed by atoms with Gasteiger partial charge in [-0.15, -0.1) is 0 Å². The zero-order valence-corrected chi connectivity index (χ0v) is 9.25. The van der Waals surface area contributed by atoms with Gasteiger partial charge in [-0.1, -0.05) is 0 Å². The lowest BCUT2D eigenvalue weighted by Gasteiger charge is -2.40. The standard InChI is InChI=1S/C9H18O5S/c10-4-6-8(12)9(13)7(11)5(14-6)2-1-3-15/h5-13,15H,1-4H2/t5-,6-,7+,8+,9-/m1/s1. The highest BCUT2D eigenvalue weighted by atomic mass is 32.1. The van der Waals surface area contributed by atoms with Crippen molar-refractivity contribution in [3.8, 4) is 0 Å². The van der Waals surface area contributed by atoms with Crippen molar-refractivity contribution in [2.75, 3.05) is 12.4 Å². The van der Waals surface area contributed by atoms with E-state index in [1.54, 1.807) is 0 Å². The van der Waals surface area contributed by atoms with Gasteiger partial charge in [0.15, 0.2) is 0 Å². The third kappa shape index (κ3) is 3.05. The summed E-state index contributed by atoms with van der Waals surface area (Å²) >= 11 is 4.04. The lowest BCUT2D eigenvalue weighted by Crippen LogP contribution is -2.58. The fourth-order valence-corrected chi connectivity index (χ4v) is 1.89. The van der Waals surface area contributed by atoms with Crippen LogP contribution in [0.2, 0.25) is 0 Å². The third-order valence-corrected chi connectivity index (χ3v) is 2.95. The Morgan fingerprint density at radius 3 is 2.13 bits per heavy atom. The molecule has 0 aliphatic carbocycles. The maximum atomic E-state index is 9.61. The molecule has 0 bridgehead atoms. The molecule has 1 heterocycles. The summed E-state index contributed by atoms with van der Waals surface area (Å²) in [5.41, 5.74) is 0. The number of ether oxygens (including phenoxy) is 1. The molecule has 0 aromatic rings. The van der Waals surface area contributed by atoms with Crippen LogP contribution in [0.25, 0.3) is 0 Å². The molecule has 0 spiro atoms. The van der Waals surface area contributed by atoms with Gasteiger partial charge in [0.1, 0.15) is 24.4 Å². The zero-order chi connectivity index (χ0) is 11.4. The maximum absolute atomic E-state index is 9.61. The van der Waals surface area contributed by atoms with Gasteiger partial charge in [-0.05, 0) is 18.6 Å². The van der Waals surface area contributed by atoms with Crippen molar-refractivity contribution in [3.05, 3.63) is 0 Å². The normalized spacial score (nSPS) is 41.8. The Labute approximate surface area is 94.1 Å². The molecule has 1 aliphatic rings. The van der Waals surface area contributed by atoms with Gasteiger partial charge in [-0.3, -0.25) is 0 Å². The van der Waals surface area contributed by atoms with Crippen LogP contribution in [0, 0.1) is 0 Å². The van der Waals surface area contributed by atoms with E-state index in [9.17, 15) is 15.3 Å². The van der Waals surface area contributed by atoms with Crippen molar-refractivity contribution in [1.29, 1.82) is 0 Å². The summed E-state index contributed by atoms with van der Waals surface area (Å²) in [5.74, 6) is 0.662. The second kappa shape index (κ2) is 6.03. The summed E-state index contributed by atoms with van der Waals surface area (Å²) in [6.45, 7) is -0.373. The molecule has 0 unspecified atom stereocenters. The summed E-state index contributed by atoms with van der Waals surface area (Å²) in [6.07, 6.45) is -3.70. The molecule has 5 nitrogen and oxygen atoms in total. The average molecular weight is 238 g/mol. The molecular formula is C9H18O5S. The van der Waals surface area contributed by atoms with Gasteiger partial charge in [0.25, 0.3) is 0 Å². The van der Waals surface area contributed by atoms with Gasteiger partial charge in [0.2, 0.25) is 0 Å². The van der Waals surface area contributed by atoms with Gasteiger partial charge in [-0.25, -0.2) is 0 Å². The number of rotatable bonds is 4. The molecule has 4 N–H and O–H groups in total. The minimum Gasteiger partial charge on any atom is -0.394 e. The van der Waals surface area contributed by atoms with Crippen LogP contribution >= 0.6 is 12.6 Å². The predicted octanol–water partition coefficient (Wildman–Crippen LogP) is -1.46. The molecular weight excluding hydrogens is 220 g/mol. The largest absolute Gasteiger partial charge is 0.394 e. The Morgan fingerprint density at radius 1 is 1.00 bits per heavy atom. The molecule has 0 radical (unpaired) electrons. The fraction of sp³-hybridized carbons (Fsp3) is 1.00. The van der Waals surface area contributed by atoms with E-state index < -0.39 is 30.5 Å². The minimum atomic E-state index is -1.26. The van der Waals surface area contributed by atoms with E-state index in [2.05, 4.69) is 12.6 Å². The van der Waals surface area contributed by atoms with E-state index in [1.165, 1.54) is 0 Å². The van der Waals surface area contributed by atoms with Crippen LogP contribution in [-0.4, -0.2) is 63.3 Å². The topological polar surface area (TPSA) is 90.2 Å². The summed E-state index contributed by atoms with van der Waals surface area (Å²) in [6, 6.07) is 0. The summed E-state index contributed by atoms with van der Waals surface area (Å²) < 4.78 is 5.29. The van der Waals surface area contributed by atoms with E-state index in [0.717, 1.165) is 6.42 Å². The van der Waals surface area contributed by atoms with Gasteiger partial charge < -0.3 is 25.2 Å². The molecule has 15 heavy (non-hydrogen) atoms. The van der Waals surface area contributed by atoms with Crippen molar-refractivity contribution in [3.63, 3.8) is 0 Å².